The van der Waals surface area contributed by atoms with E-state index < -0.39 is 0 Å². The Kier molecular flexibility index (Phi) is 4.81. The zero-order chi connectivity index (χ0) is 12.3. The van der Waals surface area contributed by atoms with Crippen LogP contribution >= 0.6 is 0 Å². The molecule has 16 heavy (non-hydrogen) atoms. The van der Waals surface area contributed by atoms with Gasteiger partial charge in [-0.05, 0) is 25.2 Å². The van der Waals surface area contributed by atoms with Crippen LogP contribution in [-0.4, -0.2) is 36.1 Å². The zero-order valence-corrected chi connectivity index (χ0v) is 12.0. The molecule has 3 atom stereocenters. The second-order valence-corrected chi connectivity index (χ2v) is 6.35. The Bertz CT molecular complexity index is 207. The maximum Gasteiger partial charge on any atom is 0.0272 e. The van der Waals surface area contributed by atoms with Crippen molar-refractivity contribution in [3.8, 4) is 0 Å². The highest BCUT2D eigenvalue weighted by atomic mass is 15.3. The molecular formula is C14H30N2. The van der Waals surface area contributed by atoms with E-state index in [4.69, 9.17) is 0 Å². The average Bonchev–Trinajstić information content (AvgIpc) is 2.25. The standard InChI is InChI=1S/C14H30N2/c1-7-11(3)16-10-12(8-2)15-9-13(16)14(4,5)6/h11-13,15H,7-10H2,1-6H3. The molecule has 96 valence electrons. The van der Waals surface area contributed by atoms with Crippen molar-refractivity contribution < 1.29 is 0 Å². The number of nitrogens with one attached hydrogen (secondary N) is 1. The van der Waals surface area contributed by atoms with Crippen LogP contribution in [-0.2, 0) is 0 Å². The van der Waals surface area contributed by atoms with E-state index in [9.17, 15) is 0 Å². The third-order valence-corrected chi connectivity index (χ3v) is 4.08. The fourth-order valence-corrected chi connectivity index (χ4v) is 2.64. The summed E-state index contributed by atoms with van der Waals surface area (Å²) in [6.07, 6.45) is 2.49. The zero-order valence-electron chi connectivity index (χ0n) is 12.0. The van der Waals surface area contributed by atoms with E-state index >= 15 is 0 Å². The Balaban J connectivity index is 2.76. The minimum atomic E-state index is 0.370. The Morgan fingerprint density at radius 3 is 2.38 bits per heavy atom. The van der Waals surface area contributed by atoms with Gasteiger partial charge in [-0.3, -0.25) is 4.90 Å². The molecule has 1 saturated heterocycles. The quantitative estimate of drug-likeness (QED) is 0.796. The number of hydrogen-bond acceptors (Lipinski definition) is 2. The van der Waals surface area contributed by atoms with E-state index in [2.05, 4.69) is 51.8 Å². The van der Waals surface area contributed by atoms with Crippen LogP contribution in [0.25, 0.3) is 0 Å². The van der Waals surface area contributed by atoms with E-state index in [1.807, 2.05) is 0 Å². The first-order chi connectivity index (χ1) is 7.40. The summed E-state index contributed by atoms with van der Waals surface area (Å²) in [6.45, 7) is 16.4. The lowest BCUT2D eigenvalue weighted by molar-refractivity contribution is 0.0241. The van der Waals surface area contributed by atoms with Crippen LogP contribution in [0.5, 0.6) is 0 Å². The highest BCUT2D eigenvalue weighted by Crippen LogP contribution is 2.28. The van der Waals surface area contributed by atoms with Gasteiger partial charge in [0.2, 0.25) is 0 Å². The molecule has 1 N–H and O–H groups in total. The predicted molar refractivity (Wildman–Crippen MR) is 71.8 cm³/mol. The third kappa shape index (κ3) is 3.21. The van der Waals surface area contributed by atoms with E-state index in [1.165, 1.54) is 19.4 Å². The monoisotopic (exact) mass is 226 g/mol. The van der Waals surface area contributed by atoms with Gasteiger partial charge >= 0.3 is 0 Å². The molecule has 0 aromatic rings. The highest BCUT2D eigenvalue weighted by molar-refractivity contribution is 4.93. The van der Waals surface area contributed by atoms with E-state index in [-0.39, 0.29) is 0 Å². The molecule has 1 aliphatic rings. The Morgan fingerprint density at radius 1 is 1.31 bits per heavy atom. The fourth-order valence-electron chi connectivity index (χ4n) is 2.64. The molecular weight excluding hydrogens is 196 g/mol. The van der Waals surface area contributed by atoms with Crippen LogP contribution in [0.2, 0.25) is 0 Å². The van der Waals surface area contributed by atoms with E-state index in [0.29, 0.717) is 23.5 Å². The molecule has 0 aliphatic carbocycles. The lowest BCUT2D eigenvalue weighted by Crippen LogP contribution is -2.62. The Labute approximate surface area is 102 Å². The van der Waals surface area contributed by atoms with Crippen LogP contribution in [0.1, 0.15) is 54.4 Å². The van der Waals surface area contributed by atoms with E-state index in [1.54, 1.807) is 0 Å². The fraction of sp³-hybridized carbons (Fsp3) is 1.00. The summed E-state index contributed by atoms with van der Waals surface area (Å²) in [5, 5.41) is 3.69. The molecule has 2 nitrogen and oxygen atoms in total. The number of hydrogen-bond donors (Lipinski definition) is 1. The molecule has 0 radical (unpaired) electrons. The van der Waals surface area contributed by atoms with Gasteiger partial charge in [0.05, 0.1) is 0 Å². The predicted octanol–water partition coefficient (Wildman–Crippen LogP) is 2.88. The summed E-state index contributed by atoms with van der Waals surface area (Å²) in [6, 6.07) is 2.07. The first kappa shape index (κ1) is 14.0. The third-order valence-electron chi connectivity index (χ3n) is 4.08. The van der Waals surface area contributed by atoms with Crippen LogP contribution in [0.15, 0.2) is 0 Å². The molecule has 1 rings (SSSR count). The first-order valence-electron chi connectivity index (χ1n) is 6.89. The Morgan fingerprint density at radius 2 is 1.94 bits per heavy atom. The number of rotatable bonds is 3. The lowest BCUT2D eigenvalue weighted by Gasteiger charge is -2.49. The van der Waals surface area contributed by atoms with Gasteiger partial charge < -0.3 is 5.32 Å². The molecule has 1 fully saturated rings. The summed E-state index contributed by atoms with van der Waals surface area (Å²) in [4.78, 5) is 2.73. The molecule has 0 spiro atoms. The van der Waals surface area contributed by atoms with Gasteiger partial charge in [0.1, 0.15) is 0 Å². The smallest absolute Gasteiger partial charge is 0.0272 e. The van der Waals surface area contributed by atoms with Crippen LogP contribution in [0.4, 0.5) is 0 Å². The maximum absolute atomic E-state index is 3.69. The van der Waals surface area contributed by atoms with Crippen molar-refractivity contribution >= 4 is 0 Å². The largest absolute Gasteiger partial charge is 0.311 e. The van der Waals surface area contributed by atoms with Gasteiger partial charge in [-0.25, -0.2) is 0 Å². The molecule has 0 aromatic carbocycles. The second kappa shape index (κ2) is 5.50. The number of piperazine rings is 1. The van der Waals surface area contributed by atoms with Crippen LogP contribution < -0.4 is 5.32 Å². The topological polar surface area (TPSA) is 15.3 Å². The normalized spacial score (nSPS) is 30.4. The minimum Gasteiger partial charge on any atom is -0.311 e. The van der Waals surface area contributed by atoms with Gasteiger partial charge in [-0.2, -0.15) is 0 Å². The van der Waals surface area contributed by atoms with E-state index in [0.717, 1.165) is 6.54 Å². The van der Waals surface area contributed by atoms with Crippen molar-refractivity contribution in [3.05, 3.63) is 0 Å². The summed E-state index contributed by atoms with van der Waals surface area (Å²) in [5.41, 5.74) is 0.370. The van der Waals surface area contributed by atoms with Crippen molar-refractivity contribution in [2.24, 2.45) is 5.41 Å². The van der Waals surface area contributed by atoms with Crippen LogP contribution in [0, 0.1) is 5.41 Å². The maximum atomic E-state index is 3.69. The minimum absolute atomic E-state index is 0.370. The summed E-state index contributed by atoms with van der Waals surface area (Å²) >= 11 is 0. The van der Waals surface area contributed by atoms with Crippen molar-refractivity contribution in [1.29, 1.82) is 0 Å². The molecule has 0 saturated carbocycles. The molecule has 0 aromatic heterocycles. The first-order valence-corrected chi connectivity index (χ1v) is 6.89. The molecule has 0 amide bonds. The van der Waals surface area contributed by atoms with Gasteiger partial charge in [0.25, 0.3) is 0 Å². The second-order valence-electron chi connectivity index (χ2n) is 6.35. The molecule has 2 heteroatoms. The van der Waals surface area contributed by atoms with Crippen molar-refractivity contribution in [2.75, 3.05) is 13.1 Å². The van der Waals surface area contributed by atoms with Crippen molar-refractivity contribution in [3.63, 3.8) is 0 Å². The molecule has 0 bridgehead atoms. The van der Waals surface area contributed by atoms with Gasteiger partial charge in [0.15, 0.2) is 0 Å². The van der Waals surface area contributed by atoms with Gasteiger partial charge in [-0.15, -0.1) is 0 Å². The molecule has 1 heterocycles. The van der Waals surface area contributed by atoms with Gasteiger partial charge in [-0.1, -0.05) is 34.6 Å². The molecule has 3 unspecified atom stereocenters. The lowest BCUT2D eigenvalue weighted by atomic mass is 9.83. The summed E-state index contributed by atoms with van der Waals surface area (Å²) in [5.74, 6) is 0. The average molecular weight is 226 g/mol. The highest BCUT2D eigenvalue weighted by Gasteiger charge is 2.36. The van der Waals surface area contributed by atoms with Crippen molar-refractivity contribution in [2.45, 2.75) is 72.5 Å². The Hall–Kier alpha value is -0.0800. The van der Waals surface area contributed by atoms with Gasteiger partial charge in [0, 0.05) is 31.2 Å². The summed E-state index contributed by atoms with van der Waals surface area (Å²) < 4.78 is 0. The summed E-state index contributed by atoms with van der Waals surface area (Å²) in [7, 11) is 0. The van der Waals surface area contributed by atoms with Crippen LogP contribution in [0.3, 0.4) is 0 Å². The van der Waals surface area contributed by atoms with Crippen molar-refractivity contribution in [1.82, 2.24) is 10.2 Å². The SMILES string of the molecule is CCC1CN(C(C)CC)C(C(C)(C)C)CN1. The molecule has 1 aliphatic heterocycles. The number of nitrogens with zero attached hydrogens (tertiary/aromatic N) is 1.